The van der Waals surface area contributed by atoms with Crippen molar-refractivity contribution in [1.29, 1.82) is 0 Å². The summed E-state index contributed by atoms with van der Waals surface area (Å²) < 4.78 is 18.7. The highest BCUT2D eigenvalue weighted by Gasteiger charge is 2.53. The van der Waals surface area contributed by atoms with E-state index in [9.17, 15) is 4.79 Å². The summed E-state index contributed by atoms with van der Waals surface area (Å²) in [6, 6.07) is 1.66. The van der Waals surface area contributed by atoms with Gasteiger partial charge in [0.2, 0.25) is 0 Å². The van der Waals surface area contributed by atoms with Crippen molar-refractivity contribution in [3.05, 3.63) is 17.3 Å². The van der Waals surface area contributed by atoms with Crippen molar-refractivity contribution in [2.24, 2.45) is 0 Å². The molecule has 2 heterocycles. The first-order chi connectivity index (χ1) is 9.82. The molecular weight excluding hydrogens is 304 g/mol. The lowest BCUT2D eigenvalue weighted by molar-refractivity contribution is 0.00578. The normalized spacial score (nSPS) is 20.3. The third kappa shape index (κ3) is 3.34. The zero-order valence-corrected chi connectivity index (χ0v) is 14.9. The van der Waals surface area contributed by atoms with Crippen LogP contribution in [-0.4, -0.2) is 34.6 Å². The van der Waals surface area contributed by atoms with Gasteiger partial charge in [-0.2, -0.15) is 0 Å². The van der Waals surface area contributed by atoms with Gasteiger partial charge in [0, 0.05) is 6.20 Å². The van der Waals surface area contributed by atoms with Crippen LogP contribution >= 0.6 is 11.6 Å². The highest BCUT2D eigenvalue weighted by Crippen LogP contribution is 2.36. The number of aromatic nitrogens is 1. The summed E-state index contributed by atoms with van der Waals surface area (Å²) in [5, 5.41) is 0.426. The average molecular weight is 328 g/mol. The van der Waals surface area contributed by atoms with Crippen LogP contribution in [0.3, 0.4) is 0 Å². The Bertz CT molecular complexity index is 573. The minimum Gasteiger partial charge on any atom is -0.443 e. The predicted octanol–water partition coefficient (Wildman–Crippen LogP) is 3.22. The number of hydrogen-bond donors (Lipinski definition) is 0. The van der Waals surface area contributed by atoms with Crippen molar-refractivity contribution in [2.75, 3.05) is 0 Å². The Labute approximate surface area is 137 Å². The van der Waals surface area contributed by atoms with E-state index in [0.29, 0.717) is 10.6 Å². The third-order valence-corrected chi connectivity index (χ3v) is 4.11. The Hall–Kier alpha value is -0.975. The van der Waals surface area contributed by atoms with Crippen LogP contribution in [0.4, 0.5) is 4.79 Å². The molecule has 1 aliphatic rings. The highest BCUT2D eigenvalue weighted by atomic mass is 35.5. The molecule has 1 aliphatic heterocycles. The van der Waals surface area contributed by atoms with Crippen LogP contribution in [0.15, 0.2) is 12.3 Å². The van der Waals surface area contributed by atoms with Crippen molar-refractivity contribution >= 4 is 30.4 Å². The van der Waals surface area contributed by atoms with Crippen molar-refractivity contribution in [3.8, 4) is 0 Å². The van der Waals surface area contributed by atoms with Crippen LogP contribution in [0, 0.1) is 0 Å². The third-order valence-electron chi connectivity index (χ3n) is 3.90. The lowest BCUT2D eigenvalue weighted by Crippen LogP contribution is -2.42. The minimum atomic E-state index is -0.676. The molecule has 22 heavy (non-hydrogen) atoms. The SMILES string of the molecule is CC(C)(C)OC(=O)n1cc(Cl)cc1B1OC(C)(C)C(C)(C)O1. The number of ether oxygens (including phenoxy) is 1. The van der Waals surface area contributed by atoms with Gasteiger partial charge < -0.3 is 14.0 Å². The Kier molecular flexibility index (Phi) is 4.18. The first-order valence-corrected chi connectivity index (χ1v) is 7.67. The lowest BCUT2D eigenvalue weighted by atomic mass is 9.85. The molecular formula is C15H23BClNO4. The summed E-state index contributed by atoms with van der Waals surface area (Å²) in [4.78, 5) is 12.3. The fourth-order valence-electron chi connectivity index (χ4n) is 2.06. The van der Waals surface area contributed by atoms with Crippen LogP contribution in [-0.2, 0) is 14.0 Å². The molecule has 7 heteroatoms. The average Bonchev–Trinajstić information content (AvgIpc) is 2.75. The Morgan fingerprint density at radius 2 is 1.73 bits per heavy atom. The van der Waals surface area contributed by atoms with Gasteiger partial charge in [-0.15, -0.1) is 0 Å². The second-order valence-electron chi connectivity index (χ2n) is 7.52. The molecule has 0 unspecified atom stereocenters. The maximum atomic E-state index is 12.3. The molecule has 1 aromatic rings. The molecule has 1 fully saturated rings. The van der Waals surface area contributed by atoms with Crippen molar-refractivity contribution in [2.45, 2.75) is 65.3 Å². The van der Waals surface area contributed by atoms with E-state index < -0.39 is 30.0 Å². The molecule has 0 amide bonds. The molecule has 0 atom stereocenters. The van der Waals surface area contributed by atoms with Crippen molar-refractivity contribution in [1.82, 2.24) is 4.57 Å². The van der Waals surface area contributed by atoms with Crippen molar-refractivity contribution < 1.29 is 18.8 Å². The van der Waals surface area contributed by atoms with Crippen LogP contribution in [0.1, 0.15) is 48.5 Å². The fourth-order valence-corrected chi connectivity index (χ4v) is 2.27. The van der Waals surface area contributed by atoms with Crippen LogP contribution < -0.4 is 5.59 Å². The number of carbonyl (C=O) groups is 1. The maximum absolute atomic E-state index is 12.3. The Balaban J connectivity index is 2.32. The van der Waals surface area contributed by atoms with Gasteiger partial charge in [-0.1, -0.05) is 11.6 Å². The summed E-state index contributed by atoms with van der Waals surface area (Å²) in [5.74, 6) is 0. The van der Waals surface area contributed by atoms with E-state index >= 15 is 0 Å². The topological polar surface area (TPSA) is 49.7 Å². The number of halogens is 1. The van der Waals surface area contributed by atoms with Gasteiger partial charge in [-0.3, -0.25) is 4.57 Å². The summed E-state index contributed by atoms with van der Waals surface area (Å²) in [6.45, 7) is 13.2. The number of nitrogens with zero attached hydrogens (tertiary/aromatic N) is 1. The van der Waals surface area contributed by atoms with Gasteiger partial charge in [-0.05, 0) is 54.5 Å². The monoisotopic (exact) mass is 327 g/mol. The van der Waals surface area contributed by atoms with Gasteiger partial charge >= 0.3 is 13.2 Å². The molecule has 0 radical (unpaired) electrons. The van der Waals surface area contributed by atoms with Crippen LogP contribution in [0.5, 0.6) is 0 Å². The highest BCUT2D eigenvalue weighted by molar-refractivity contribution is 6.62. The number of carbonyl (C=O) groups excluding carboxylic acids is 1. The molecule has 0 aromatic carbocycles. The minimum absolute atomic E-state index is 0.426. The van der Waals surface area contributed by atoms with Crippen molar-refractivity contribution in [3.63, 3.8) is 0 Å². The van der Waals surface area contributed by atoms with Crippen LogP contribution in [0.2, 0.25) is 5.02 Å². The zero-order chi connectivity index (χ0) is 16.9. The second-order valence-corrected chi connectivity index (χ2v) is 7.96. The zero-order valence-electron chi connectivity index (χ0n) is 14.2. The number of hydrogen-bond acceptors (Lipinski definition) is 4. The van der Waals surface area contributed by atoms with Gasteiger partial charge in [0.25, 0.3) is 0 Å². The molecule has 0 N–H and O–H groups in total. The van der Waals surface area contributed by atoms with Crippen LogP contribution in [0.25, 0.3) is 0 Å². The second kappa shape index (κ2) is 5.29. The first kappa shape index (κ1) is 17.4. The van der Waals surface area contributed by atoms with E-state index in [1.807, 2.05) is 48.5 Å². The van der Waals surface area contributed by atoms with E-state index in [1.54, 1.807) is 6.07 Å². The lowest BCUT2D eigenvalue weighted by Gasteiger charge is -2.32. The van der Waals surface area contributed by atoms with E-state index in [4.69, 9.17) is 25.6 Å². The maximum Gasteiger partial charge on any atom is 0.513 e. The molecule has 0 saturated carbocycles. The summed E-state index contributed by atoms with van der Waals surface area (Å²) in [6.07, 6.45) is 1.000. The van der Waals surface area contributed by atoms with E-state index in [-0.39, 0.29) is 0 Å². The van der Waals surface area contributed by atoms with Gasteiger partial charge in [0.05, 0.1) is 21.8 Å². The molecule has 122 valence electrons. The molecule has 1 aromatic heterocycles. The summed E-state index contributed by atoms with van der Waals surface area (Å²) >= 11 is 6.06. The van der Waals surface area contributed by atoms with Gasteiger partial charge in [-0.25, -0.2) is 4.79 Å². The first-order valence-electron chi connectivity index (χ1n) is 7.29. The van der Waals surface area contributed by atoms with Gasteiger partial charge in [0.15, 0.2) is 0 Å². The van der Waals surface area contributed by atoms with E-state index in [1.165, 1.54) is 10.8 Å². The molecule has 0 aliphatic carbocycles. The quantitative estimate of drug-likeness (QED) is 0.743. The molecule has 2 rings (SSSR count). The Morgan fingerprint density at radius 3 is 2.18 bits per heavy atom. The smallest absolute Gasteiger partial charge is 0.443 e. The summed E-state index contributed by atoms with van der Waals surface area (Å²) in [7, 11) is -0.676. The predicted molar refractivity (Wildman–Crippen MR) is 86.8 cm³/mol. The summed E-state index contributed by atoms with van der Waals surface area (Å²) in [5.41, 5.74) is -1.06. The van der Waals surface area contributed by atoms with E-state index in [0.717, 1.165) is 0 Å². The standard InChI is InChI=1S/C15H23BClNO4/c1-13(2,3)20-12(19)18-9-10(17)8-11(18)16-21-14(4,5)15(6,7)22-16/h8-9H,1-7H3. The molecule has 5 nitrogen and oxygen atoms in total. The number of rotatable bonds is 1. The fraction of sp³-hybridized carbons (Fsp3) is 0.667. The Morgan fingerprint density at radius 1 is 1.23 bits per heavy atom. The molecule has 1 saturated heterocycles. The molecule has 0 spiro atoms. The largest absolute Gasteiger partial charge is 0.513 e. The van der Waals surface area contributed by atoms with Gasteiger partial charge in [0.1, 0.15) is 5.60 Å². The van der Waals surface area contributed by atoms with E-state index in [2.05, 4.69) is 0 Å². The molecule has 0 bridgehead atoms.